The van der Waals surface area contributed by atoms with Gasteiger partial charge in [0.25, 0.3) is 0 Å². The summed E-state index contributed by atoms with van der Waals surface area (Å²) in [6, 6.07) is 0. The van der Waals surface area contributed by atoms with Crippen LogP contribution in [0.4, 0.5) is 0 Å². The molecule has 1 heteroatoms. The molecule has 0 amide bonds. The zero-order chi connectivity index (χ0) is 13.5. The van der Waals surface area contributed by atoms with Crippen molar-refractivity contribution in [1.82, 2.24) is 0 Å². The van der Waals surface area contributed by atoms with E-state index in [-0.39, 0.29) is 5.78 Å². The SMILES string of the molecule is CC(=O)C1=C[C@H]2C[C@H](C[C@@]2(C)CC=C(C)C)[C@H]1C. The Balaban J connectivity index is 2.25. The molecule has 0 heterocycles. The predicted octanol–water partition coefficient (Wildman–Crippen LogP) is 4.54. The normalized spacial score (nSPS) is 38.3. The summed E-state index contributed by atoms with van der Waals surface area (Å²) >= 11 is 0. The molecular formula is C17H26O. The molecule has 1 fully saturated rings. The first-order chi connectivity index (χ1) is 8.33. The van der Waals surface area contributed by atoms with Gasteiger partial charge in [-0.1, -0.05) is 31.6 Å². The van der Waals surface area contributed by atoms with Gasteiger partial charge >= 0.3 is 0 Å². The van der Waals surface area contributed by atoms with Crippen LogP contribution >= 0.6 is 0 Å². The van der Waals surface area contributed by atoms with Crippen LogP contribution < -0.4 is 0 Å². The monoisotopic (exact) mass is 246 g/mol. The summed E-state index contributed by atoms with van der Waals surface area (Å²) in [5.41, 5.74) is 2.87. The molecule has 0 radical (unpaired) electrons. The van der Waals surface area contributed by atoms with E-state index in [1.807, 2.05) is 0 Å². The van der Waals surface area contributed by atoms with Crippen molar-refractivity contribution in [2.45, 2.75) is 53.9 Å². The third kappa shape index (κ3) is 2.32. The van der Waals surface area contributed by atoms with Gasteiger partial charge in [-0.2, -0.15) is 0 Å². The van der Waals surface area contributed by atoms with Gasteiger partial charge < -0.3 is 0 Å². The standard InChI is InChI=1S/C17H26O/c1-11(2)6-7-17(5)10-14-8-15(17)9-16(12(14)3)13(4)18/h6,9,12,14-15H,7-8,10H2,1-5H3/t12-,14-,15-,17-/m1/s1. The first-order valence-electron chi connectivity index (χ1n) is 7.19. The Kier molecular flexibility index (Phi) is 3.53. The molecule has 2 aliphatic carbocycles. The van der Waals surface area contributed by atoms with Crippen molar-refractivity contribution in [3.05, 3.63) is 23.3 Å². The minimum Gasteiger partial charge on any atom is -0.295 e. The Bertz CT molecular complexity index is 411. The van der Waals surface area contributed by atoms with Crippen LogP contribution in [0.3, 0.4) is 0 Å². The highest BCUT2D eigenvalue weighted by Gasteiger charge is 2.47. The van der Waals surface area contributed by atoms with Crippen molar-refractivity contribution in [1.29, 1.82) is 0 Å². The second-order valence-corrected chi connectivity index (χ2v) is 6.91. The van der Waals surface area contributed by atoms with Gasteiger partial charge in [0.15, 0.2) is 5.78 Å². The molecule has 0 aromatic heterocycles. The molecule has 0 aromatic carbocycles. The fraction of sp³-hybridized carbons (Fsp3) is 0.706. The molecule has 2 bridgehead atoms. The maximum atomic E-state index is 11.7. The van der Waals surface area contributed by atoms with E-state index in [0.717, 1.165) is 17.9 Å². The van der Waals surface area contributed by atoms with E-state index >= 15 is 0 Å². The van der Waals surface area contributed by atoms with Crippen LogP contribution in [-0.4, -0.2) is 5.78 Å². The lowest BCUT2D eigenvalue weighted by Gasteiger charge is -2.29. The highest BCUT2D eigenvalue weighted by molar-refractivity contribution is 5.94. The number of allylic oxidation sites excluding steroid dienone is 4. The summed E-state index contributed by atoms with van der Waals surface area (Å²) < 4.78 is 0. The fourth-order valence-corrected chi connectivity index (χ4v) is 3.83. The lowest BCUT2D eigenvalue weighted by molar-refractivity contribution is -0.114. The van der Waals surface area contributed by atoms with E-state index in [1.54, 1.807) is 6.92 Å². The van der Waals surface area contributed by atoms with E-state index in [4.69, 9.17) is 0 Å². The number of Topliss-reactive ketones (excluding diaryl/α,β-unsaturated/α-hetero) is 1. The van der Waals surface area contributed by atoms with Crippen molar-refractivity contribution < 1.29 is 4.79 Å². The summed E-state index contributed by atoms with van der Waals surface area (Å²) in [7, 11) is 0. The second kappa shape index (κ2) is 4.68. The van der Waals surface area contributed by atoms with Crippen LogP contribution in [0.25, 0.3) is 0 Å². The molecule has 100 valence electrons. The fourth-order valence-electron chi connectivity index (χ4n) is 3.83. The number of rotatable bonds is 3. The van der Waals surface area contributed by atoms with Gasteiger partial charge in [0.1, 0.15) is 0 Å². The first-order valence-corrected chi connectivity index (χ1v) is 7.19. The molecule has 0 spiro atoms. The van der Waals surface area contributed by atoms with E-state index in [1.165, 1.54) is 18.4 Å². The quantitative estimate of drug-likeness (QED) is 0.668. The molecule has 1 nitrogen and oxygen atoms in total. The predicted molar refractivity (Wildman–Crippen MR) is 76.3 cm³/mol. The Morgan fingerprint density at radius 1 is 1.44 bits per heavy atom. The Morgan fingerprint density at radius 2 is 2.11 bits per heavy atom. The van der Waals surface area contributed by atoms with Gasteiger partial charge in [0, 0.05) is 0 Å². The topological polar surface area (TPSA) is 17.1 Å². The summed E-state index contributed by atoms with van der Waals surface area (Å²) in [6.45, 7) is 10.7. The summed E-state index contributed by atoms with van der Waals surface area (Å²) in [5.74, 6) is 2.07. The molecule has 0 N–H and O–H groups in total. The lowest BCUT2D eigenvalue weighted by atomic mass is 9.75. The van der Waals surface area contributed by atoms with E-state index in [0.29, 0.717) is 17.3 Å². The smallest absolute Gasteiger partial charge is 0.155 e. The molecule has 0 saturated heterocycles. The van der Waals surface area contributed by atoms with Crippen molar-refractivity contribution in [3.63, 3.8) is 0 Å². The highest BCUT2D eigenvalue weighted by Crippen LogP contribution is 2.56. The first kappa shape index (κ1) is 13.6. The van der Waals surface area contributed by atoms with E-state index in [2.05, 4.69) is 39.8 Å². The molecule has 0 aromatic rings. The minimum absolute atomic E-state index is 0.281. The number of fused-ring (bicyclic) bond motifs is 2. The largest absolute Gasteiger partial charge is 0.295 e. The number of hydrogen-bond acceptors (Lipinski definition) is 1. The van der Waals surface area contributed by atoms with Gasteiger partial charge in [0.2, 0.25) is 0 Å². The number of ketones is 1. The van der Waals surface area contributed by atoms with Gasteiger partial charge in [-0.3, -0.25) is 4.79 Å². The van der Waals surface area contributed by atoms with Crippen molar-refractivity contribution in [2.75, 3.05) is 0 Å². The number of carbonyl (C=O) groups is 1. The molecular weight excluding hydrogens is 220 g/mol. The Morgan fingerprint density at radius 3 is 2.67 bits per heavy atom. The van der Waals surface area contributed by atoms with E-state index in [9.17, 15) is 4.79 Å². The molecule has 0 unspecified atom stereocenters. The maximum Gasteiger partial charge on any atom is 0.155 e. The van der Waals surface area contributed by atoms with E-state index < -0.39 is 0 Å². The van der Waals surface area contributed by atoms with Crippen LogP contribution in [-0.2, 0) is 4.79 Å². The summed E-state index contributed by atoms with van der Waals surface area (Å²) in [5, 5.41) is 0. The molecule has 0 aliphatic heterocycles. The maximum absolute atomic E-state index is 11.7. The summed E-state index contributed by atoms with van der Waals surface area (Å²) in [4.78, 5) is 11.7. The van der Waals surface area contributed by atoms with Gasteiger partial charge in [-0.25, -0.2) is 0 Å². The van der Waals surface area contributed by atoms with Gasteiger partial charge in [-0.15, -0.1) is 0 Å². The van der Waals surface area contributed by atoms with Crippen LogP contribution in [0, 0.1) is 23.2 Å². The highest BCUT2D eigenvalue weighted by atomic mass is 16.1. The van der Waals surface area contributed by atoms with Gasteiger partial charge in [-0.05, 0) is 68.8 Å². The Hall–Kier alpha value is -0.850. The van der Waals surface area contributed by atoms with Crippen LogP contribution in [0.2, 0.25) is 0 Å². The zero-order valence-electron chi connectivity index (χ0n) is 12.4. The third-order valence-electron chi connectivity index (χ3n) is 5.14. The molecule has 1 saturated carbocycles. The molecule has 2 rings (SSSR count). The van der Waals surface area contributed by atoms with Gasteiger partial charge in [0.05, 0.1) is 0 Å². The molecule has 2 aliphatic rings. The Labute approximate surface area is 111 Å². The van der Waals surface area contributed by atoms with Crippen LogP contribution in [0.15, 0.2) is 23.3 Å². The van der Waals surface area contributed by atoms with Crippen LogP contribution in [0.1, 0.15) is 53.9 Å². The third-order valence-corrected chi connectivity index (χ3v) is 5.14. The molecule has 4 atom stereocenters. The number of carbonyl (C=O) groups excluding carboxylic acids is 1. The number of hydrogen-bond donors (Lipinski definition) is 0. The zero-order valence-corrected chi connectivity index (χ0v) is 12.4. The van der Waals surface area contributed by atoms with Crippen molar-refractivity contribution in [3.8, 4) is 0 Å². The average molecular weight is 246 g/mol. The summed E-state index contributed by atoms with van der Waals surface area (Å²) in [6.07, 6.45) is 8.38. The van der Waals surface area contributed by atoms with Crippen molar-refractivity contribution >= 4 is 5.78 Å². The van der Waals surface area contributed by atoms with Crippen molar-refractivity contribution in [2.24, 2.45) is 23.2 Å². The van der Waals surface area contributed by atoms with Crippen LogP contribution in [0.5, 0.6) is 0 Å². The minimum atomic E-state index is 0.281. The second-order valence-electron chi connectivity index (χ2n) is 6.91. The average Bonchev–Trinajstić information content (AvgIpc) is 2.55. The lowest BCUT2D eigenvalue weighted by Crippen LogP contribution is -2.22. The molecule has 18 heavy (non-hydrogen) atoms.